The number of nitrogens with one attached hydrogen (secondary N) is 1. The minimum Gasteiger partial charge on any atom is -0.459 e. The van der Waals surface area contributed by atoms with E-state index in [2.05, 4.69) is 5.32 Å². The predicted octanol–water partition coefficient (Wildman–Crippen LogP) is 6.05. The highest BCUT2D eigenvalue weighted by molar-refractivity contribution is 5.91. The molecule has 0 bridgehead atoms. The summed E-state index contributed by atoms with van der Waals surface area (Å²) in [6.07, 6.45) is 1.63. The molecule has 1 aliphatic carbocycles. The van der Waals surface area contributed by atoms with Crippen molar-refractivity contribution in [2.45, 2.75) is 44.9 Å². The molecule has 0 saturated heterocycles. The molecule has 8 heteroatoms. The molecule has 38 heavy (non-hydrogen) atoms. The zero-order chi connectivity index (χ0) is 27.3. The first kappa shape index (κ1) is 26.6. The van der Waals surface area contributed by atoms with E-state index in [1.54, 1.807) is 20.8 Å². The van der Waals surface area contributed by atoms with Crippen LogP contribution in [0.3, 0.4) is 0 Å². The molecule has 3 aromatic rings. The van der Waals surface area contributed by atoms with Crippen LogP contribution in [0.25, 0.3) is 5.57 Å². The van der Waals surface area contributed by atoms with Gasteiger partial charge in [0.2, 0.25) is 0 Å². The minimum atomic E-state index is -1.29. The maximum atomic E-state index is 13.4. The second-order valence-corrected chi connectivity index (χ2v) is 10.2. The van der Waals surface area contributed by atoms with Gasteiger partial charge in [0, 0.05) is 18.1 Å². The van der Waals surface area contributed by atoms with Crippen LogP contribution in [-0.2, 0) is 20.9 Å². The average Bonchev–Trinajstić information content (AvgIpc) is 3.58. The second-order valence-electron chi connectivity index (χ2n) is 10.2. The first-order valence-electron chi connectivity index (χ1n) is 12.3. The number of non-ortho nitro benzene ring substituents is 1. The highest BCUT2D eigenvalue weighted by Gasteiger charge is 2.62. The quantitative estimate of drug-likeness (QED) is 0.223. The number of rotatable bonds is 8. The van der Waals surface area contributed by atoms with Crippen LogP contribution in [0.4, 0.5) is 10.5 Å². The lowest BCUT2D eigenvalue weighted by molar-refractivity contribution is -0.384. The van der Waals surface area contributed by atoms with E-state index in [9.17, 15) is 19.7 Å². The Labute approximate surface area is 221 Å². The summed E-state index contributed by atoms with van der Waals surface area (Å²) in [6, 6.07) is 25.4. The van der Waals surface area contributed by atoms with Crippen LogP contribution in [0.15, 0.2) is 91.0 Å². The smallest absolute Gasteiger partial charge is 0.408 e. The van der Waals surface area contributed by atoms with Crippen LogP contribution in [0.1, 0.15) is 43.9 Å². The molecule has 1 saturated carbocycles. The van der Waals surface area contributed by atoms with Crippen LogP contribution < -0.4 is 5.32 Å². The molecule has 0 spiro atoms. The summed E-state index contributed by atoms with van der Waals surface area (Å²) in [4.78, 5) is 36.6. The summed E-state index contributed by atoms with van der Waals surface area (Å²) >= 11 is 0. The van der Waals surface area contributed by atoms with Crippen molar-refractivity contribution in [1.29, 1.82) is 0 Å². The third-order valence-corrected chi connectivity index (χ3v) is 6.16. The molecule has 0 heterocycles. The van der Waals surface area contributed by atoms with E-state index in [1.807, 2.05) is 66.7 Å². The van der Waals surface area contributed by atoms with E-state index in [-0.39, 0.29) is 18.2 Å². The Morgan fingerprint density at radius 3 is 2.03 bits per heavy atom. The minimum absolute atomic E-state index is 0.0510. The van der Waals surface area contributed by atoms with Crippen molar-refractivity contribution in [2.75, 3.05) is 0 Å². The Kier molecular flexibility index (Phi) is 7.62. The zero-order valence-corrected chi connectivity index (χ0v) is 21.5. The number of nitro groups is 1. The van der Waals surface area contributed by atoms with Gasteiger partial charge in [0.15, 0.2) is 0 Å². The zero-order valence-electron chi connectivity index (χ0n) is 21.5. The third kappa shape index (κ3) is 6.45. The summed E-state index contributed by atoms with van der Waals surface area (Å²) in [5.41, 5.74) is 1.41. The van der Waals surface area contributed by atoms with E-state index in [0.29, 0.717) is 12.0 Å². The Morgan fingerprint density at radius 1 is 0.974 bits per heavy atom. The van der Waals surface area contributed by atoms with Crippen molar-refractivity contribution in [3.8, 4) is 0 Å². The number of alkyl carbamates (subject to hydrolysis) is 1. The summed E-state index contributed by atoms with van der Waals surface area (Å²) in [5, 5.41) is 13.7. The van der Waals surface area contributed by atoms with Gasteiger partial charge >= 0.3 is 12.1 Å². The van der Waals surface area contributed by atoms with E-state index in [0.717, 1.165) is 16.7 Å². The van der Waals surface area contributed by atoms with Gasteiger partial charge in [0.25, 0.3) is 5.69 Å². The van der Waals surface area contributed by atoms with Crippen LogP contribution in [0.2, 0.25) is 0 Å². The summed E-state index contributed by atoms with van der Waals surface area (Å²) in [6.45, 7) is 5.16. The Bertz CT molecular complexity index is 1290. The Hall–Kier alpha value is -4.46. The van der Waals surface area contributed by atoms with Gasteiger partial charge in [0.1, 0.15) is 17.7 Å². The predicted molar refractivity (Wildman–Crippen MR) is 143 cm³/mol. The maximum Gasteiger partial charge on any atom is 0.408 e. The summed E-state index contributed by atoms with van der Waals surface area (Å²) in [5.74, 6) is -0.932. The van der Waals surface area contributed by atoms with Crippen LogP contribution in [0.5, 0.6) is 0 Å². The highest BCUT2D eigenvalue weighted by Crippen LogP contribution is 2.48. The van der Waals surface area contributed by atoms with E-state index >= 15 is 0 Å². The van der Waals surface area contributed by atoms with Gasteiger partial charge in [-0.25, -0.2) is 9.59 Å². The van der Waals surface area contributed by atoms with E-state index in [1.165, 1.54) is 24.3 Å². The number of ether oxygens (including phenoxy) is 2. The van der Waals surface area contributed by atoms with Crippen molar-refractivity contribution in [3.63, 3.8) is 0 Å². The molecule has 4 rings (SSSR count). The average molecular weight is 515 g/mol. The number of benzene rings is 3. The standard InChI is InChI=1S/C30H30N2O6/c1-29(2,3)38-28(34)31-30(27(33)37-20-21-14-16-25(17-15-21)32(35)36)19-24(30)18-26(22-10-6-4-7-11-22)23-12-8-5-9-13-23/h4-18,24H,19-20H2,1-3H3,(H,31,34)/t24-,30+/m1/s1. The van der Waals surface area contributed by atoms with Crippen molar-refractivity contribution >= 4 is 23.3 Å². The topological polar surface area (TPSA) is 108 Å². The molecule has 196 valence electrons. The molecule has 1 amide bonds. The van der Waals surface area contributed by atoms with Crippen molar-refractivity contribution in [1.82, 2.24) is 5.32 Å². The lowest BCUT2D eigenvalue weighted by Gasteiger charge is -2.23. The number of nitro benzene ring substituents is 1. The van der Waals surface area contributed by atoms with Crippen LogP contribution in [-0.4, -0.2) is 28.1 Å². The molecule has 1 N–H and O–H groups in total. The molecule has 1 fully saturated rings. The summed E-state index contributed by atoms with van der Waals surface area (Å²) < 4.78 is 11.0. The molecule has 1 aliphatic rings. The number of nitrogens with zero attached hydrogens (tertiary/aromatic N) is 1. The number of amides is 1. The number of esters is 1. The number of carbonyl (C=O) groups is 2. The first-order valence-corrected chi connectivity index (χ1v) is 12.3. The molecule has 8 nitrogen and oxygen atoms in total. The number of carbonyl (C=O) groups excluding carboxylic acids is 2. The largest absolute Gasteiger partial charge is 0.459 e. The highest BCUT2D eigenvalue weighted by atomic mass is 16.6. The summed E-state index contributed by atoms with van der Waals surface area (Å²) in [7, 11) is 0. The number of hydrogen-bond acceptors (Lipinski definition) is 6. The first-order chi connectivity index (χ1) is 18.1. The van der Waals surface area contributed by atoms with Crippen LogP contribution in [0, 0.1) is 16.0 Å². The fraction of sp³-hybridized carbons (Fsp3) is 0.267. The van der Waals surface area contributed by atoms with Gasteiger partial charge in [0.05, 0.1) is 4.92 Å². The van der Waals surface area contributed by atoms with Gasteiger partial charge in [-0.3, -0.25) is 10.1 Å². The third-order valence-electron chi connectivity index (χ3n) is 6.16. The fourth-order valence-electron chi connectivity index (χ4n) is 4.19. The van der Waals surface area contributed by atoms with Gasteiger partial charge in [-0.1, -0.05) is 66.7 Å². The normalized spacial score (nSPS) is 18.1. The Balaban J connectivity index is 1.60. The molecular formula is C30H30N2O6. The lowest BCUT2D eigenvalue weighted by atomic mass is 9.96. The van der Waals surface area contributed by atoms with Gasteiger partial charge in [-0.2, -0.15) is 0 Å². The van der Waals surface area contributed by atoms with Gasteiger partial charge < -0.3 is 14.8 Å². The van der Waals surface area contributed by atoms with Crippen molar-refractivity contribution in [3.05, 3.63) is 118 Å². The Morgan fingerprint density at radius 2 is 1.53 bits per heavy atom. The molecule has 3 aromatic carbocycles. The second kappa shape index (κ2) is 10.9. The molecule has 0 unspecified atom stereocenters. The fourth-order valence-corrected chi connectivity index (χ4v) is 4.19. The van der Waals surface area contributed by atoms with E-state index in [4.69, 9.17) is 9.47 Å². The van der Waals surface area contributed by atoms with E-state index < -0.39 is 28.1 Å². The molecule has 0 aromatic heterocycles. The van der Waals surface area contributed by atoms with Crippen LogP contribution >= 0.6 is 0 Å². The van der Waals surface area contributed by atoms with Crippen molar-refractivity contribution < 1.29 is 24.0 Å². The number of hydrogen-bond donors (Lipinski definition) is 1. The van der Waals surface area contributed by atoms with Gasteiger partial charge in [-0.15, -0.1) is 0 Å². The molecule has 2 atom stereocenters. The monoisotopic (exact) mass is 514 g/mol. The van der Waals surface area contributed by atoms with Gasteiger partial charge in [-0.05, 0) is 61.6 Å². The maximum absolute atomic E-state index is 13.4. The molecular weight excluding hydrogens is 484 g/mol. The molecule has 0 aliphatic heterocycles. The lowest BCUT2D eigenvalue weighted by Crippen LogP contribution is -2.47. The van der Waals surface area contributed by atoms with Crippen molar-refractivity contribution in [2.24, 2.45) is 5.92 Å². The molecule has 0 radical (unpaired) electrons. The SMILES string of the molecule is CC(C)(C)OC(=O)N[C@@]1(C(=O)OCc2ccc([N+](=O)[O-])cc2)C[C@H]1C=C(c1ccccc1)c1ccccc1.